The van der Waals surface area contributed by atoms with Crippen molar-refractivity contribution in [1.82, 2.24) is 9.97 Å². The Bertz CT molecular complexity index is 1010. The lowest BCUT2D eigenvalue weighted by atomic mass is 10.1. The minimum absolute atomic E-state index is 0.250. The lowest BCUT2D eigenvalue weighted by Gasteiger charge is -2.15. The van der Waals surface area contributed by atoms with Gasteiger partial charge in [-0.25, -0.2) is 14.4 Å². The van der Waals surface area contributed by atoms with Crippen LogP contribution in [0.3, 0.4) is 0 Å². The third kappa shape index (κ3) is 5.07. The minimum Gasteiger partial charge on any atom is -0.367 e. The van der Waals surface area contributed by atoms with E-state index in [1.807, 2.05) is 30.3 Å². The molecular weight excluding hydrogens is 401 g/mol. The van der Waals surface area contributed by atoms with Crippen molar-refractivity contribution in [2.75, 3.05) is 17.2 Å². The fourth-order valence-corrected chi connectivity index (χ4v) is 4.07. The van der Waals surface area contributed by atoms with Crippen molar-refractivity contribution in [3.8, 4) is 11.3 Å². The number of nitrogens with one attached hydrogen (secondary N) is 2. The van der Waals surface area contributed by atoms with Gasteiger partial charge in [0.2, 0.25) is 0 Å². The first-order chi connectivity index (χ1) is 14.6. The smallest absolute Gasteiger partial charge is 0.126 e. The second kappa shape index (κ2) is 9.41. The average molecular weight is 426 g/mol. The molecule has 4 N–H and O–H groups in total. The van der Waals surface area contributed by atoms with Gasteiger partial charge >= 0.3 is 0 Å². The van der Waals surface area contributed by atoms with Crippen LogP contribution in [-0.2, 0) is 6.54 Å². The van der Waals surface area contributed by atoms with Crippen LogP contribution in [0.5, 0.6) is 0 Å². The molecule has 5 nitrogen and oxygen atoms in total. The van der Waals surface area contributed by atoms with Gasteiger partial charge in [0.25, 0.3) is 0 Å². The van der Waals surface area contributed by atoms with Crippen LogP contribution in [0.2, 0.25) is 5.02 Å². The maximum atomic E-state index is 13.4. The standard InChI is InChI=1S/C23H25ClFN5/c24-20-14-28-23(29-18-8-7-15(10-18)12-26)11-19(20)21-5-2-6-22(30-21)27-13-16-3-1-4-17(25)9-16/h1-6,9,11,14-15,18H,7-8,10,12-13,26H2,(H,27,30)(H,28,29)/t15-,18+/m1/s1. The molecule has 2 heterocycles. The molecular formula is C23H25ClFN5. The van der Waals surface area contributed by atoms with E-state index in [0.29, 0.717) is 29.3 Å². The van der Waals surface area contributed by atoms with Crippen LogP contribution in [0.15, 0.2) is 54.7 Å². The Balaban J connectivity index is 1.48. The van der Waals surface area contributed by atoms with Gasteiger partial charge in [0.1, 0.15) is 17.5 Å². The summed E-state index contributed by atoms with van der Waals surface area (Å²) in [5, 5.41) is 7.29. The van der Waals surface area contributed by atoms with Gasteiger partial charge in [-0.1, -0.05) is 29.8 Å². The molecule has 1 aromatic carbocycles. The van der Waals surface area contributed by atoms with Crippen LogP contribution in [-0.4, -0.2) is 22.6 Å². The zero-order valence-corrected chi connectivity index (χ0v) is 17.4. The van der Waals surface area contributed by atoms with Crippen LogP contribution in [0.25, 0.3) is 11.3 Å². The second-order valence-corrected chi connectivity index (χ2v) is 8.10. The molecule has 3 aromatic rings. The molecule has 0 aliphatic heterocycles. The van der Waals surface area contributed by atoms with Gasteiger partial charge in [0.05, 0.1) is 10.7 Å². The van der Waals surface area contributed by atoms with E-state index in [0.717, 1.165) is 48.4 Å². The molecule has 0 radical (unpaired) electrons. The van der Waals surface area contributed by atoms with Gasteiger partial charge in [-0.15, -0.1) is 0 Å². The van der Waals surface area contributed by atoms with Gasteiger partial charge in [0, 0.05) is 24.3 Å². The molecule has 2 aromatic heterocycles. The predicted molar refractivity (Wildman–Crippen MR) is 120 cm³/mol. The van der Waals surface area contributed by atoms with Crippen molar-refractivity contribution in [3.63, 3.8) is 0 Å². The van der Waals surface area contributed by atoms with Gasteiger partial charge < -0.3 is 16.4 Å². The number of hydrogen-bond donors (Lipinski definition) is 3. The molecule has 0 spiro atoms. The Morgan fingerprint density at radius 1 is 1.10 bits per heavy atom. The summed E-state index contributed by atoms with van der Waals surface area (Å²) < 4.78 is 13.4. The molecule has 30 heavy (non-hydrogen) atoms. The van der Waals surface area contributed by atoms with Crippen molar-refractivity contribution in [2.24, 2.45) is 11.7 Å². The largest absolute Gasteiger partial charge is 0.367 e. The van der Waals surface area contributed by atoms with Crippen LogP contribution in [0.4, 0.5) is 16.0 Å². The topological polar surface area (TPSA) is 75.9 Å². The van der Waals surface area contributed by atoms with E-state index in [9.17, 15) is 4.39 Å². The van der Waals surface area contributed by atoms with Crippen molar-refractivity contribution >= 4 is 23.2 Å². The van der Waals surface area contributed by atoms with Gasteiger partial charge in [0.15, 0.2) is 0 Å². The quantitative estimate of drug-likeness (QED) is 0.491. The molecule has 0 bridgehead atoms. The van der Waals surface area contributed by atoms with E-state index >= 15 is 0 Å². The molecule has 1 aliphatic rings. The number of benzene rings is 1. The maximum absolute atomic E-state index is 13.4. The van der Waals surface area contributed by atoms with Crippen molar-refractivity contribution in [2.45, 2.75) is 31.8 Å². The number of pyridine rings is 2. The fourth-order valence-electron chi connectivity index (χ4n) is 3.87. The highest BCUT2D eigenvalue weighted by atomic mass is 35.5. The Morgan fingerprint density at radius 3 is 2.77 bits per heavy atom. The molecule has 1 fully saturated rings. The highest BCUT2D eigenvalue weighted by molar-refractivity contribution is 6.33. The summed E-state index contributed by atoms with van der Waals surface area (Å²) in [6.45, 7) is 1.21. The van der Waals surface area contributed by atoms with Crippen LogP contribution < -0.4 is 16.4 Å². The molecule has 156 valence electrons. The van der Waals surface area contributed by atoms with Gasteiger partial charge in [-0.2, -0.15) is 0 Å². The summed E-state index contributed by atoms with van der Waals surface area (Å²) in [6.07, 6.45) is 4.96. The lowest BCUT2D eigenvalue weighted by molar-refractivity contribution is 0.555. The van der Waals surface area contributed by atoms with E-state index in [4.69, 9.17) is 17.3 Å². The summed E-state index contributed by atoms with van der Waals surface area (Å²) in [5.41, 5.74) is 8.22. The summed E-state index contributed by atoms with van der Waals surface area (Å²) in [6, 6.07) is 14.5. The van der Waals surface area contributed by atoms with Crippen molar-refractivity contribution in [3.05, 3.63) is 71.1 Å². The fraction of sp³-hybridized carbons (Fsp3) is 0.304. The normalized spacial score (nSPS) is 18.4. The molecule has 0 unspecified atom stereocenters. The van der Waals surface area contributed by atoms with Crippen molar-refractivity contribution < 1.29 is 4.39 Å². The molecule has 2 atom stereocenters. The number of aromatic nitrogens is 2. The first kappa shape index (κ1) is 20.6. The molecule has 0 amide bonds. The van der Waals surface area contributed by atoms with Crippen LogP contribution in [0.1, 0.15) is 24.8 Å². The Hall–Kier alpha value is -2.70. The number of halogens is 2. The molecule has 7 heteroatoms. The molecule has 0 saturated heterocycles. The summed E-state index contributed by atoms with van der Waals surface area (Å²) in [4.78, 5) is 9.11. The first-order valence-corrected chi connectivity index (χ1v) is 10.6. The molecule has 4 rings (SSSR count). The van der Waals surface area contributed by atoms with E-state index in [-0.39, 0.29) is 5.82 Å². The molecule has 1 aliphatic carbocycles. The highest BCUT2D eigenvalue weighted by Gasteiger charge is 2.23. The SMILES string of the molecule is NC[C@@H]1CC[C@H](Nc2cc(-c3cccc(NCc4cccc(F)c4)n3)c(Cl)cn2)C1. The number of nitrogens with zero attached hydrogens (tertiary/aromatic N) is 2. The zero-order chi connectivity index (χ0) is 20.9. The van der Waals surface area contributed by atoms with E-state index in [1.54, 1.807) is 12.3 Å². The van der Waals surface area contributed by atoms with Crippen LogP contribution in [0, 0.1) is 11.7 Å². The lowest BCUT2D eigenvalue weighted by Crippen LogP contribution is -2.18. The monoisotopic (exact) mass is 425 g/mol. The Labute approximate surface area is 180 Å². The number of hydrogen-bond acceptors (Lipinski definition) is 5. The number of rotatable bonds is 7. The summed E-state index contributed by atoms with van der Waals surface area (Å²) in [5.74, 6) is 1.81. The van der Waals surface area contributed by atoms with E-state index < -0.39 is 0 Å². The first-order valence-electron chi connectivity index (χ1n) is 10.2. The molecule has 1 saturated carbocycles. The van der Waals surface area contributed by atoms with Crippen molar-refractivity contribution in [1.29, 1.82) is 0 Å². The average Bonchev–Trinajstić information content (AvgIpc) is 3.21. The third-order valence-electron chi connectivity index (χ3n) is 5.47. The predicted octanol–water partition coefficient (Wildman–Crippen LogP) is 5.09. The third-order valence-corrected chi connectivity index (χ3v) is 5.77. The summed E-state index contributed by atoms with van der Waals surface area (Å²) >= 11 is 6.43. The Kier molecular flexibility index (Phi) is 6.45. The second-order valence-electron chi connectivity index (χ2n) is 7.70. The zero-order valence-electron chi connectivity index (χ0n) is 16.6. The van der Waals surface area contributed by atoms with Crippen LogP contribution >= 0.6 is 11.6 Å². The van der Waals surface area contributed by atoms with Gasteiger partial charge in [-0.3, -0.25) is 0 Å². The van der Waals surface area contributed by atoms with E-state index in [2.05, 4.69) is 20.6 Å². The summed E-state index contributed by atoms with van der Waals surface area (Å²) in [7, 11) is 0. The Morgan fingerprint density at radius 2 is 1.97 bits per heavy atom. The number of anilines is 2. The van der Waals surface area contributed by atoms with E-state index in [1.165, 1.54) is 12.1 Å². The van der Waals surface area contributed by atoms with Gasteiger partial charge in [-0.05, 0) is 67.6 Å². The maximum Gasteiger partial charge on any atom is 0.126 e. The highest BCUT2D eigenvalue weighted by Crippen LogP contribution is 2.31. The minimum atomic E-state index is -0.250. The number of nitrogens with two attached hydrogens (primary N) is 1.